The average molecular weight is 662 g/mol. The number of nitriles is 1. The van der Waals surface area contributed by atoms with Gasteiger partial charge in [-0.1, -0.05) is 77.5 Å². The minimum atomic E-state index is -0.819. The van der Waals surface area contributed by atoms with Gasteiger partial charge in [-0.25, -0.2) is 9.79 Å². The highest BCUT2D eigenvalue weighted by Gasteiger charge is 2.35. The van der Waals surface area contributed by atoms with Gasteiger partial charge in [-0.2, -0.15) is 5.26 Å². The molecule has 5 aromatic rings. The van der Waals surface area contributed by atoms with Gasteiger partial charge in [0.1, 0.15) is 18.1 Å². The summed E-state index contributed by atoms with van der Waals surface area (Å²) in [6.07, 6.45) is 1.73. The lowest BCUT2D eigenvalue weighted by atomic mass is 9.93. The van der Waals surface area contributed by atoms with Crippen molar-refractivity contribution in [1.29, 1.82) is 5.26 Å². The van der Waals surface area contributed by atoms with Crippen LogP contribution in [0.1, 0.15) is 40.8 Å². The van der Waals surface area contributed by atoms with Gasteiger partial charge in [0.25, 0.3) is 5.56 Å². The number of carbonyl (C=O) groups excluding carboxylic acids is 1. The highest BCUT2D eigenvalue weighted by Crippen LogP contribution is 2.36. The number of methoxy groups -OCH3 is 1. The molecule has 0 bridgehead atoms. The summed E-state index contributed by atoms with van der Waals surface area (Å²) in [4.78, 5) is 33.3. The number of fused-ring (bicyclic) bond motifs is 1. The number of rotatable bonds is 9. The molecule has 0 radical (unpaired) electrons. The van der Waals surface area contributed by atoms with Crippen molar-refractivity contribution in [2.45, 2.75) is 19.6 Å². The van der Waals surface area contributed by atoms with Gasteiger partial charge in [-0.3, -0.25) is 9.36 Å². The highest BCUT2D eigenvalue weighted by molar-refractivity contribution is 7.07. The average Bonchev–Trinajstić information content (AvgIpc) is 3.41. The lowest BCUT2D eigenvalue weighted by Gasteiger charge is -2.26. The first-order chi connectivity index (χ1) is 22.9. The van der Waals surface area contributed by atoms with Gasteiger partial charge in [0.05, 0.1) is 47.2 Å². The van der Waals surface area contributed by atoms with E-state index in [1.54, 1.807) is 67.1 Å². The summed E-state index contributed by atoms with van der Waals surface area (Å²) in [5, 5.41) is 9.58. The predicted molar refractivity (Wildman–Crippen MR) is 181 cm³/mol. The first-order valence-electron chi connectivity index (χ1n) is 14.7. The number of aromatic nitrogens is 1. The fourth-order valence-corrected chi connectivity index (χ4v) is 6.46. The first-order valence-corrected chi connectivity index (χ1v) is 15.9. The van der Waals surface area contributed by atoms with Crippen molar-refractivity contribution < 1.29 is 19.0 Å². The van der Waals surface area contributed by atoms with E-state index in [9.17, 15) is 9.59 Å². The van der Waals surface area contributed by atoms with Crippen LogP contribution in [0.2, 0.25) is 5.02 Å². The zero-order chi connectivity index (χ0) is 32.9. The third-order valence-electron chi connectivity index (χ3n) is 7.54. The molecule has 47 heavy (non-hydrogen) atoms. The molecule has 1 atom stereocenters. The van der Waals surface area contributed by atoms with Gasteiger partial charge in [0.15, 0.2) is 4.80 Å². The number of ether oxygens (including phenoxy) is 3. The Morgan fingerprint density at radius 2 is 1.79 bits per heavy atom. The van der Waals surface area contributed by atoms with Crippen LogP contribution in [0, 0.1) is 11.3 Å². The molecule has 234 valence electrons. The molecule has 0 N–H and O–H groups in total. The van der Waals surface area contributed by atoms with Crippen LogP contribution >= 0.6 is 22.9 Å². The van der Waals surface area contributed by atoms with Crippen LogP contribution in [0.25, 0.3) is 11.8 Å². The monoisotopic (exact) mass is 661 g/mol. The van der Waals surface area contributed by atoms with Crippen LogP contribution in [0.4, 0.5) is 0 Å². The SMILES string of the molecule is CCOC(=O)C1=C(c2ccccc2)N=c2s/c(=C\c3cc(Cl)ccc3OCc3ccc(C#N)cc3)c(=O)n2[C@@H]1c1ccc(OC)cc1. The molecule has 4 aromatic carbocycles. The second-order valence-electron chi connectivity index (χ2n) is 10.5. The van der Waals surface area contributed by atoms with Crippen LogP contribution in [0.3, 0.4) is 0 Å². The van der Waals surface area contributed by atoms with Crippen molar-refractivity contribution in [2.75, 3.05) is 13.7 Å². The van der Waals surface area contributed by atoms with Gasteiger partial charge >= 0.3 is 5.97 Å². The molecule has 0 saturated heterocycles. The molecule has 1 aliphatic rings. The number of halogens is 1. The Kier molecular flexibility index (Phi) is 9.34. The lowest BCUT2D eigenvalue weighted by Crippen LogP contribution is -2.40. The molecule has 0 saturated carbocycles. The van der Waals surface area contributed by atoms with E-state index in [4.69, 9.17) is 36.1 Å². The van der Waals surface area contributed by atoms with Crippen molar-refractivity contribution in [1.82, 2.24) is 4.57 Å². The molecule has 10 heteroatoms. The Balaban J connectivity index is 1.51. The zero-order valence-electron chi connectivity index (χ0n) is 25.5. The van der Waals surface area contributed by atoms with Crippen molar-refractivity contribution in [3.8, 4) is 17.6 Å². The zero-order valence-corrected chi connectivity index (χ0v) is 27.0. The lowest BCUT2D eigenvalue weighted by molar-refractivity contribution is -0.138. The summed E-state index contributed by atoms with van der Waals surface area (Å²) < 4.78 is 19.0. The Hall–Kier alpha value is -5.43. The van der Waals surface area contributed by atoms with Gasteiger partial charge in [0.2, 0.25) is 0 Å². The number of esters is 1. The Morgan fingerprint density at radius 1 is 1.04 bits per heavy atom. The van der Waals surface area contributed by atoms with E-state index < -0.39 is 12.0 Å². The Morgan fingerprint density at radius 3 is 2.47 bits per heavy atom. The molecule has 8 nitrogen and oxygen atoms in total. The third-order valence-corrected chi connectivity index (χ3v) is 8.76. The van der Waals surface area contributed by atoms with Gasteiger partial charge in [-0.05, 0) is 66.6 Å². The Labute approximate surface area is 279 Å². The maximum Gasteiger partial charge on any atom is 0.338 e. The number of thiazole rings is 1. The fraction of sp³-hybridized carbons (Fsp3) is 0.135. The smallest absolute Gasteiger partial charge is 0.338 e. The van der Waals surface area contributed by atoms with E-state index >= 15 is 0 Å². The van der Waals surface area contributed by atoms with Crippen molar-refractivity contribution in [2.24, 2.45) is 4.99 Å². The molecular formula is C37H28ClN3O5S. The van der Waals surface area contributed by atoms with Crippen LogP contribution in [-0.4, -0.2) is 24.3 Å². The van der Waals surface area contributed by atoms with Crippen LogP contribution < -0.4 is 24.4 Å². The summed E-state index contributed by atoms with van der Waals surface area (Å²) in [6, 6.07) is 30.2. The van der Waals surface area contributed by atoms with E-state index in [-0.39, 0.29) is 24.3 Å². The minimum Gasteiger partial charge on any atom is -0.497 e. The van der Waals surface area contributed by atoms with E-state index in [0.29, 0.717) is 48.2 Å². The second-order valence-corrected chi connectivity index (χ2v) is 11.9. The van der Waals surface area contributed by atoms with E-state index in [2.05, 4.69) is 6.07 Å². The third kappa shape index (κ3) is 6.61. The molecule has 0 fully saturated rings. The summed E-state index contributed by atoms with van der Waals surface area (Å²) in [7, 11) is 1.58. The maximum atomic E-state index is 14.3. The van der Waals surface area contributed by atoms with E-state index in [0.717, 1.165) is 11.1 Å². The van der Waals surface area contributed by atoms with Crippen LogP contribution in [0.15, 0.2) is 112 Å². The summed E-state index contributed by atoms with van der Waals surface area (Å²) in [6.45, 7) is 2.14. The number of hydrogen-bond donors (Lipinski definition) is 0. The fourth-order valence-electron chi connectivity index (χ4n) is 5.28. The highest BCUT2D eigenvalue weighted by atomic mass is 35.5. The normalized spacial score (nSPS) is 14.2. The van der Waals surface area contributed by atoms with E-state index in [1.165, 1.54) is 11.3 Å². The molecule has 1 aliphatic heterocycles. The number of benzene rings is 4. The van der Waals surface area contributed by atoms with Gasteiger partial charge in [0, 0.05) is 16.1 Å². The van der Waals surface area contributed by atoms with E-state index in [1.807, 2.05) is 54.6 Å². The summed E-state index contributed by atoms with van der Waals surface area (Å²) >= 11 is 7.61. The van der Waals surface area contributed by atoms with Gasteiger partial charge in [-0.15, -0.1) is 0 Å². The standard InChI is InChI=1S/C37H28ClN3O5S/c1-3-45-36(43)32-33(25-7-5-4-6-8-25)40-37-41(34(32)26-13-16-29(44-2)17-14-26)35(42)31(47-37)20-27-19-28(38)15-18-30(27)46-22-24-11-9-23(21-39)10-12-24/h4-20,34H,3,22H2,1-2H3/b31-20-/t34-/m1/s1. The molecule has 0 amide bonds. The molecule has 0 aliphatic carbocycles. The largest absolute Gasteiger partial charge is 0.497 e. The molecule has 2 heterocycles. The molecule has 6 rings (SSSR count). The Bertz CT molecular complexity index is 2200. The summed E-state index contributed by atoms with van der Waals surface area (Å²) in [5.41, 5.74) is 3.82. The van der Waals surface area contributed by atoms with Crippen molar-refractivity contribution in [3.05, 3.63) is 155 Å². The molecule has 0 unspecified atom stereocenters. The van der Waals surface area contributed by atoms with Crippen molar-refractivity contribution in [3.63, 3.8) is 0 Å². The number of nitrogens with zero attached hydrogens (tertiary/aromatic N) is 3. The summed E-state index contributed by atoms with van der Waals surface area (Å²) in [5.74, 6) is 0.604. The number of hydrogen-bond acceptors (Lipinski definition) is 8. The van der Waals surface area contributed by atoms with Gasteiger partial charge < -0.3 is 14.2 Å². The number of carbonyl (C=O) groups is 1. The maximum absolute atomic E-state index is 14.3. The van der Waals surface area contributed by atoms with Crippen molar-refractivity contribution >= 4 is 40.7 Å². The van der Waals surface area contributed by atoms with Crippen LogP contribution in [-0.2, 0) is 16.1 Å². The van der Waals surface area contributed by atoms with Crippen LogP contribution in [0.5, 0.6) is 11.5 Å². The topological polar surface area (TPSA) is 103 Å². The quantitative estimate of drug-likeness (QED) is 0.178. The molecule has 0 spiro atoms. The molecule has 1 aromatic heterocycles. The molecular weight excluding hydrogens is 634 g/mol. The first kappa shape index (κ1) is 31.5. The predicted octanol–water partition coefficient (Wildman–Crippen LogP) is 6.05. The second kappa shape index (κ2) is 13.9. The minimum absolute atomic E-state index is 0.157.